The van der Waals surface area contributed by atoms with Crippen molar-refractivity contribution >= 4 is 5.91 Å². The molecule has 0 aromatic heterocycles. The molecular formula is C23H45NO2. The molecule has 1 saturated carbocycles. The molecule has 1 amide bonds. The minimum absolute atomic E-state index is 0.0334. The lowest BCUT2D eigenvalue weighted by atomic mass is 9.84. The lowest BCUT2D eigenvalue weighted by molar-refractivity contribution is -0.127. The number of hydrogen-bond donors (Lipinski definition) is 2. The molecule has 2 N–H and O–H groups in total. The zero-order chi connectivity index (χ0) is 19.2. The van der Waals surface area contributed by atoms with E-state index in [2.05, 4.69) is 26.1 Å². The van der Waals surface area contributed by atoms with Crippen LogP contribution in [0.2, 0.25) is 0 Å². The highest BCUT2D eigenvalue weighted by Gasteiger charge is 2.30. The van der Waals surface area contributed by atoms with Gasteiger partial charge in [-0.2, -0.15) is 0 Å². The zero-order valence-electron chi connectivity index (χ0n) is 17.8. The first-order valence-corrected chi connectivity index (χ1v) is 11.6. The van der Waals surface area contributed by atoms with E-state index in [1.807, 2.05) is 0 Å². The van der Waals surface area contributed by atoms with Crippen LogP contribution in [0, 0.1) is 11.8 Å². The highest BCUT2D eigenvalue weighted by atomic mass is 16.3. The van der Waals surface area contributed by atoms with E-state index in [-0.39, 0.29) is 24.0 Å². The number of carbonyl (C=O) groups excluding carboxylic acids is 1. The molecule has 0 spiro atoms. The molecule has 4 unspecified atom stereocenters. The number of amides is 1. The van der Waals surface area contributed by atoms with Gasteiger partial charge in [0.1, 0.15) is 0 Å². The van der Waals surface area contributed by atoms with E-state index in [0.29, 0.717) is 5.92 Å². The van der Waals surface area contributed by atoms with Gasteiger partial charge in [0.15, 0.2) is 0 Å². The van der Waals surface area contributed by atoms with Gasteiger partial charge in [0.05, 0.1) is 12.1 Å². The van der Waals surface area contributed by atoms with Gasteiger partial charge in [-0.05, 0) is 38.0 Å². The van der Waals surface area contributed by atoms with Crippen molar-refractivity contribution in [1.82, 2.24) is 5.32 Å². The molecule has 154 valence electrons. The molecule has 0 aromatic rings. The van der Waals surface area contributed by atoms with E-state index in [1.165, 1.54) is 57.8 Å². The van der Waals surface area contributed by atoms with Crippen LogP contribution in [0.25, 0.3) is 0 Å². The van der Waals surface area contributed by atoms with E-state index < -0.39 is 0 Å². The molecule has 4 atom stereocenters. The Labute approximate surface area is 162 Å². The SMILES string of the molecule is CCCCCCCCC(CCCCCC)C(=O)NC1CC(C)CCC1O. The van der Waals surface area contributed by atoms with E-state index in [0.717, 1.165) is 38.5 Å². The molecule has 0 radical (unpaired) electrons. The smallest absolute Gasteiger partial charge is 0.223 e. The molecule has 1 rings (SSSR count). The van der Waals surface area contributed by atoms with Crippen LogP contribution in [0.15, 0.2) is 0 Å². The fraction of sp³-hybridized carbons (Fsp3) is 0.957. The first-order chi connectivity index (χ1) is 12.6. The highest BCUT2D eigenvalue weighted by Crippen LogP contribution is 2.25. The Morgan fingerprint density at radius 1 is 0.923 bits per heavy atom. The van der Waals surface area contributed by atoms with Gasteiger partial charge in [-0.1, -0.05) is 85.0 Å². The van der Waals surface area contributed by atoms with Crippen molar-refractivity contribution < 1.29 is 9.90 Å². The lowest BCUT2D eigenvalue weighted by Crippen LogP contribution is -2.48. The molecule has 0 aliphatic heterocycles. The summed E-state index contributed by atoms with van der Waals surface area (Å²) in [6.45, 7) is 6.70. The molecular weight excluding hydrogens is 322 g/mol. The summed E-state index contributed by atoms with van der Waals surface area (Å²) in [4.78, 5) is 12.9. The summed E-state index contributed by atoms with van der Waals surface area (Å²) in [5, 5.41) is 13.5. The Morgan fingerprint density at radius 3 is 2.08 bits per heavy atom. The van der Waals surface area contributed by atoms with Crippen molar-refractivity contribution in [3.8, 4) is 0 Å². The van der Waals surface area contributed by atoms with Crippen molar-refractivity contribution in [2.24, 2.45) is 11.8 Å². The molecule has 0 bridgehead atoms. The van der Waals surface area contributed by atoms with Crippen LogP contribution in [0.1, 0.15) is 117 Å². The predicted octanol–water partition coefficient (Wildman–Crippen LogP) is 5.99. The van der Waals surface area contributed by atoms with Gasteiger partial charge in [0.2, 0.25) is 5.91 Å². The van der Waals surface area contributed by atoms with Crippen molar-refractivity contribution in [2.75, 3.05) is 0 Å². The first-order valence-electron chi connectivity index (χ1n) is 11.6. The summed E-state index contributed by atoms with van der Waals surface area (Å²) in [5.74, 6) is 0.945. The second-order valence-corrected chi connectivity index (χ2v) is 8.70. The molecule has 0 aromatic carbocycles. The third kappa shape index (κ3) is 9.94. The van der Waals surface area contributed by atoms with Crippen LogP contribution in [0.5, 0.6) is 0 Å². The Morgan fingerprint density at radius 2 is 1.46 bits per heavy atom. The maximum atomic E-state index is 12.9. The first kappa shape index (κ1) is 23.5. The van der Waals surface area contributed by atoms with Gasteiger partial charge >= 0.3 is 0 Å². The van der Waals surface area contributed by atoms with Gasteiger partial charge in [0.25, 0.3) is 0 Å². The largest absolute Gasteiger partial charge is 0.391 e. The number of carbonyl (C=O) groups is 1. The standard InChI is InChI=1S/C23H45NO2/c1-4-6-8-10-11-13-15-20(14-12-9-7-5-2)23(26)24-21-18-19(3)16-17-22(21)25/h19-22,25H,4-18H2,1-3H3,(H,24,26). The second kappa shape index (κ2) is 14.5. The molecule has 1 aliphatic carbocycles. The van der Waals surface area contributed by atoms with E-state index >= 15 is 0 Å². The quantitative estimate of drug-likeness (QED) is 0.370. The van der Waals surface area contributed by atoms with Crippen LogP contribution >= 0.6 is 0 Å². The van der Waals surface area contributed by atoms with Gasteiger partial charge < -0.3 is 10.4 Å². The molecule has 1 aliphatic rings. The van der Waals surface area contributed by atoms with Gasteiger partial charge in [-0.25, -0.2) is 0 Å². The number of hydrogen-bond acceptors (Lipinski definition) is 2. The number of aliphatic hydroxyl groups is 1. The van der Waals surface area contributed by atoms with Crippen LogP contribution < -0.4 is 5.32 Å². The summed E-state index contributed by atoms with van der Waals surface area (Å²) < 4.78 is 0. The molecule has 3 nitrogen and oxygen atoms in total. The van der Waals surface area contributed by atoms with Crippen LogP contribution in [0.3, 0.4) is 0 Å². The second-order valence-electron chi connectivity index (χ2n) is 8.70. The van der Waals surface area contributed by atoms with Crippen LogP contribution in [0.4, 0.5) is 0 Å². The lowest BCUT2D eigenvalue weighted by Gasteiger charge is -2.33. The van der Waals surface area contributed by atoms with E-state index in [9.17, 15) is 9.90 Å². The summed E-state index contributed by atoms with van der Waals surface area (Å²) in [7, 11) is 0. The average Bonchev–Trinajstić information content (AvgIpc) is 2.62. The maximum absolute atomic E-state index is 12.9. The Hall–Kier alpha value is -0.570. The fourth-order valence-electron chi connectivity index (χ4n) is 4.22. The Balaban J connectivity index is 2.42. The highest BCUT2D eigenvalue weighted by molar-refractivity contribution is 5.79. The van der Waals surface area contributed by atoms with Gasteiger partial charge in [-0.15, -0.1) is 0 Å². The van der Waals surface area contributed by atoms with Gasteiger partial charge in [0, 0.05) is 5.92 Å². The topological polar surface area (TPSA) is 49.3 Å². The third-order valence-corrected chi connectivity index (χ3v) is 6.09. The number of nitrogens with one attached hydrogen (secondary N) is 1. The zero-order valence-corrected chi connectivity index (χ0v) is 17.8. The summed E-state index contributed by atoms with van der Waals surface area (Å²) >= 11 is 0. The molecule has 0 saturated heterocycles. The number of aliphatic hydroxyl groups excluding tert-OH is 1. The average molecular weight is 368 g/mol. The molecule has 26 heavy (non-hydrogen) atoms. The summed E-state index contributed by atoms with van der Waals surface area (Å²) in [6, 6.07) is -0.0334. The van der Waals surface area contributed by atoms with E-state index in [4.69, 9.17) is 0 Å². The minimum Gasteiger partial charge on any atom is -0.391 e. The van der Waals surface area contributed by atoms with Gasteiger partial charge in [-0.3, -0.25) is 4.79 Å². The fourth-order valence-corrected chi connectivity index (χ4v) is 4.22. The van der Waals surface area contributed by atoms with Crippen molar-refractivity contribution in [3.63, 3.8) is 0 Å². The summed E-state index contributed by atoms with van der Waals surface area (Å²) in [6.07, 6.45) is 17.1. The Bertz CT molecular complexity index is 358. The van der Waals surface area contributed by atoms with Crippen molar-refractivity contribution in [1.29, 1.82) is 0 Å². The Kier molecular flexibility index (Phi) is 13.1. The minimum atomic E-state index is -0.357. The predicted molar refractivity (Wildman–Crippen MR) is 111 cm³/mol. The van der Waals surface area contributed by atoms with Crippen LogP contribution in [-0.2, 0) is 4.79 Å². The summed E-state index contributed by atoms with van der Waals surface area (Å²) in [5.41, 5.74) is 0. The van der Waals surface area contributed by atoms with Crippen LogP contribution in [-0.4, -0.2) is 23.2 Å². The molecule has 3 heteroatoms. The normalized spacial score (nSPS) is 24.4. The number of rotatable bonds is 14. The molecule has 0 heterocycles. The van der Waals surface area contributed by atoms with E-state index in [1.54, 1.807) is 0 Å². The van der Waals surface area contributed by atoms with Crippen molar-refractivity contribution in [2.45, 2.75) is 129 Å². The van der Waals surface area contributed by atoms with Crippen molar-refractivity contribution in [3.05, 3.63) is 0 Å². The number of unbranched alkanes of at least 4 members (excludes halogenated alkanes) is 8. The monoisotopic (exact) mass is 367 g/mol. The third-order valence-electron chi connectivity index (χ3n) is 6.09. The molecule has 1 fully saturated rings. The maximum Gasteiger partial charge on any atom is 0.223 e.